The van der Waals surface area contributed by atoms with Crippen LogP contribution in [0.4, 0.5) is 0 Å². The highest BCUT2D eigenvalue weighted by Crippen LogP contribution is 2.29. The van der Waals surface area contributed by atoms with Gasteiger partial charge >= 0.3 is 0 Å². The van der Waals surface area contributed by atoms with E-state index in [0.29, 0.717) is 12.5 Å². The van der Waals surface area contributed by atoms with Crippen molar-refractivity contribution in [2.45, 2.75) is 52.6 Å². The van der Waals surface area contributed by atoms with Gasteiger partial charge < -0.3 is 19.5 Å². The maximum Gasteiger partial charge on any atom is 0.210 e. The topological polar surface area (TPSA) is 59.4 Å². The van der Waals surface area contributed by atoms with Crippen molar-refractivity contribution in [3.05, 3.63) is 17.2 Å². The van der Waals surface area contributed by atoms with Crippen molar-refractivity contribution in [2.24, 2.45) is 0 Å². The zero-order chi connectivity index (χ0) is 17.2. The summed E-state index contributed by atoms with van der Waals surface area (Å²) in [6, 6.07) is 0. The van der Waals surface area contributed by atoms with Gasteiger partial charge in [-0.2, -0.15) is 0 Å². The first-order chi connectivity index (χ1) is 11.2. The van der Waals surface area contributed by atoms with E-state index in [1.54, 1.807) is 0 Å². The van der Waals surface area contributed by atoms with Gasteiger partial charge in [-0.05, 0) is 33.9 Å². The number of hydrogen-bond acceptors (Lipinski definition) is 4. The van der Waals surface area contributed by atoms with Gasteiger partial charge in [0.1, 0.15) is 5.82 Å². The maximum absolute atomic E-state index is 10.9. The number of hydrogen-bond donors (Lipinski definition) is 1. The lowest BCUT2D eigenvalue weighted by Gasteiger charge is -2.28. The molecule has 3 heterocycles. The van der Waals surface area contributed by atoms with Gasteiger partial charge in [0.05, 0.1) is 17.9 Å². The number of carbonyl (C=O) groups excluding carboxylic acids is 1. The van der Waals surface area contributed by atoms with Gasteiger partial charge in [-0.3, -0.25) is 4.79 Å². The number of imidazole rings is 1. The van der Waals surface area contributed by atoms with E-state index in [2.05, 4.69) is 9.88 Å². The van der Waals surface area contributed by atoms with Crippen LogP contribution in [0.15, 0.2) is 0 Å². The van der Waals surface area contributed by atoms with Gasteiger partial charge in [0, 0.05) is 32.2 Å². The molecule has 1 saturated heterocycles. The highest BCUT2D eigenvalue weighted by atomic mass is 16.5. The molecule has 0 saturated carbocycles. The Morgan fingerprint density at radius 1 is 1.22 bits per heavy atom. The summed E-state index contributed by atoms with van der Waals surface area (Å²) in [4.78, 5) is 17.4. The highest BCUT2D eigenvalue weighted by Gasteiger charge is 2.27. The number of carbonyl (C=O) groups is 1. The van der Waals surface area contributed by atoms with Crippen LogP contribution in [-0.4, -0.2) is 54.7 Å². The van der Waals surface area contributed by atoms with Crippen LogP contribution in [0.3, 0.4) is 0 Å². The Morgan fingerprint density at radius 2 is 1.83 bits per heavy atom. The molecule has 3 rings (SSSR count). The van der Waals surface area contributed by atoms with Crippen molar-refractivity contribution < 1.29 is 9.53 Å². The molecule has 1 aromatic heterocycles. The van der Waals surface area contributed by atoms with Crippen molar-refractivity contribution in [2.75, 3.05) is 33.9 Å². The second-order valence-electron chi connectivity index (χ2n) is 5.62. The number of nitrogens with one attached hydrogen (secondary N) is 1. The highest BCUT2D eigenvalue weighted by molar-refractivity contribution is 5.47. The van der Waals surface area contributed by atoms with Gasteiger partial charge in [-0.1, -0.05) is 13.8 Å². The van der Waals surface area contributed by atoms with Crippen LogP contribution in [0.2, 0.25) is 0 Å². The van der Waals surface area contributed by atoms with Crippen molar-refractivity contribution in [3.8, 4) is 0 Å². The summed E-state index contributed by atoms with van der Waals surface area (Å²) >= 11 is 0. The Balaban J connectivity index is 0.000000477. The summed E-state index contributed by atoms with van der Waals surface area (Å²) in [5, 5.41) is 2.75. The fraction of sp³-hybridized carbons (Fsp3) is 0.765. The summed E-state index contributed by atoms with van der Waals surface area (Å²) < 4.78 is 7.74. The van der Waals surface area contributed by atoms with Gasteiger partial charge in [0.15, 0.2) is 0 Å². The molecule has 0 radical (unpaired) electrons. The van der Waals surface area contributed by atoms with Gasteiger partial charge in [0.2, 0.25) is 6.41 Å². The lowest BCUT2D eigenvalue weighted by atomic mass is 9.99. The molecule has 0 spiro atoms. The molecule has 23 heavy (non-hydrogen) atoms. The van der Waals surface area contributed by atoms with Crippen molar-refractivity contribution in [3.63, 3.8) is 0 Å². The molecule has 0 unspecified atom stereocenters. The van der Waals surface area contributed by atoms with E-state index >= 15 is 0 Å². The number of fused-ring (bicyclic) bond motifs is 1. The van der Waals surface area contributed by atoms with Crippen LogP contribution in [-0.2, 0) is 22.6 Å². The minimum atomic E-state index is 0.522. The lowest BCUT2D eigenvalue weighted by molar-refractivity contribution is -0.119. The molecule has 6 nitrogen and oxygen atoms in total. The third kappa shape index (κ3) is 5.04. The van der Waals surface area contributed by atoms with Crippen molar-refractivity contribution >= 4 is 6.41 Å². The molecule has 0 aromatic carbocycles. The molecule has 132 valence electrons. The third-order valence-electron chi connectivity index (χ3n) is 4.00. The van der Waals surface area contributed by atoms with E-state index in [1.165, 1.54) is 11.5 Å². The van der Waals surface area contributed by atoms with E-state index < -0.39 is 0 Å². The van der Waals surface area contributed by atoms with Crippen molar-refractivity contribution in [1.82, 2.24) is 19.8 Å². The van der Waals surface area contributed by atoms with Crippen LogP contribution < -0.4 is 5.32 Å². The van der Waals surface area contributed by atoms with E-state index in [1.807, 2.05) is 39.8 Å². The second-order valence-corrected chi connectivity index (χ2v) is 5.62. The van der Waals surface area contributed by atoms with Gasteiger partial charge in [0.25, 0.3) is 0 Å². The van der Waals surface area contributed by atoms with Crippen LogP contribution in [0.25, 0.3) is 0 Å². The standard InChI is InChI=1S/C13H19N3O2.C2H7N.C2H6/c1-10-12-8-15(9-17)4-5-16(12)13(14-10)11-2-6-18-7-3-11;1-3-2;1-2/h9,11H,2-8H2,1H3;3H,1-2H3;1-2H3. The van der Waals surface area contributed by atoms with E-state index in [0.717, 1.165) is 51.2 Å². The molecule has 1 aromatic rings. The van der Waals surface area contributed by atoms with Crippen LogP contribution in [0.1, 0.15) is 49.8 Å². The number of aromatic nitrogens is 2. The van der Waals surface area contributed by atoms with E-state index in [4.69, 9.17) is 9.72 Å². The number of aryl methyl sites for hydroxylation is 1. The smallest absolute Gasteiger partial charge is 0.210 e. The van der Waals surface area contributed by atoms with Crippen LogP contribution in [0, 0.1) is 6.92 Å². The third-order valence-corrected chi connectivity index (χ3v) is 4.00. The molecule has 0 atom stereocenters. The molecule has 1 amide bonds. The van der Waals surface area contributed by atoms with E-state index in [-0.39, 0.29) is 0 Å². The summed E-state index contributed by atoms with van der Waals surface area (Å²) in [5.41, 5.74) is 2.28. The van der Waals surface area contributed by atoms with Gasteiger partial charge in [-0.15, -0.1) is 0 Å². The summed E-state index contributed by atoms with van der Waals surface area (Å²) in [7, 11) is 3.75. The molecule has 1 N–H and O–H groups in total. The fourth-order valence-electron chi connectivity index (χ4n) is 2.94. The first-order valence-electron chi connectivity index (χ1n) is 8.62. The Hall–Kier alpha value is -1.40. The van der Waals surface area contributed by atoms with Crippen LogP contribution >= 0.6 is 0 Å². The minimum Gasteiger partial charge on any atom is -0.381 e. The Bertz CT molecular complexity index is 467. The zero-order valence-corrected chi connectivity index (χ0v) is 15.3. The second kappa shape index (κ2) is 10.4. The summed E-state index contributed by atoms with van der Waals surface area (Å²) in [6.07, 6.45) is 3.06. The lowest BCUT2D eigenvalue weighted by Crippen LogP contribution is -2.33. The Kier molecular flexibility index (Phi) is 8.87. The largest absolute Gasteiger partial charge is 0.381 e. The number of rotatable bonds is 2. The molecule has 0 aliphatic carbocycles. The number of amides is 1. The average Bonchev–Trinajstić information content (AvgIpc) is 2.94. The van der Waals surface area contributed by atoms with Crippen LogP contribution in [0.5, 0.6) is 0 Å². The maximum atomic E-state index is 10.9. The fourth-order valence-corrected chi connectivity index (χ4v) is 2.94. The molecule has 2 aliphatic rings. The first-order valence-corrected chi connectivity index (χ1v) is 8.62. The minimum absolute atomic E-state index is 0.522. The SMILES string of the molecule is CC.CNC.Cc1nc(C2CCOCC2)n2c1CN(C=O)CC2. The number of ether oxygens (including phenoxy) is 1. The molecule has 6 heteroatoms. The molecule has 0 bridgehead atoms. The molecule has 1 fully saturated rings. The Morgan fingerprint density at radius 3 is 2.39 bits per heavy atom. The molecule has 2 aliphatic heterocycles. The molecular formula is C17H32N4O2. The average molecular weight is 324 g/mol. The summed E-state index contributed by atoms with van der Waals surface area (Å²) in [5.74, 6) is 1.73. The quantitative estimate of drug-likeness (QED) is 0.845. The van der Waals surface area contributed by atoms with E-state index in [9.17, 15) is 4.79 Å². The predicted molar refractivity (Wildman–Crippen MR) is 92.6 cm³/mol. The zero-order valence-electron chi connectivity index (χ0n) is 15.3. The normalized spacial score (nSPS) is 17.3. The number of nitrogens with zero attached hydrogens (tertiary/aromatic N) is 3. The first kappa shape index (κ1) is 19.6. The predicted octanol–water partition coefficient (Wildman–Crippen LogP) is 1.92. The Labute approximate surface area is 140 Å². The monoisotopic (exact) mass is 324 g/mol. The van der Waals surface area contributed by atoms with Gasteiger partial charge in [-0.25, -0.2) is 4.98 Å². The molecular weight excluding hydrogens is 292 g/mol. The summed E-state index contributed by atoms with van der Waals surface area (Å²) in [6.45, 7) is 10.1. The van der Waals surface area contributed by atoms with Crippen molar-refractivity contribution in [1.29, 1.82) is 0 Å².